The predicted octanol–water partition coefficient (Wildman–Crippen LogP) is 3.48. The number of anilines is 1. The third-order valence-corrected chi connectivity index (χ3v) is 6.27. The lowest BCUT2D eigenvalue weighted by atomic mass is 10.2. The van der Waals surface area contributed by atoms with Gasteiger partial charge in [-0.15, -0.1) is 11.3 Å². The number of aromatic nitrogens is 2. The zero-order valence-corrected chi connectivity index (χ0v) is 16.2. The van der Waals surface area contributed by atoms with Crippen LogP contribution in [0.1, 0.15) is 21.1 Å². The molecule has 26 heavy (non-hydrogen) atoms. The largest absolute Gasteiger partial charge is 0.354 e. The number of nitrogens with zero attached hydrogens (tertiary/aromatic N) is 3. The van der Waals surface area contributed by atoms with E-state index in [0.717, 1.165) is 46.9 Å². The van der Waals surface area contributed by atoms with Gasteiger partial charge in [0.05, 0.1) is 10.9 Å². The van der Waals surface area contributed by atoms with Crippen molar-refractivity contribution < 1.29 is 4.79 Å². The molecule has 0 saturated carbocycles. The summed E-state index contributed by atoms with van der Waals surface area (Å²) in [7, 11) is 0. The van der Waals surface area contributed by atoms with E-state index < -0.39 is 0 Å². The van der Waals surface area contributed by atoms with Crippen LogP contribution in [-0.2, 0) is 6.54 Å². The molecule has 0 radical (unpaired) electrons. The molecule has 1 saturated heterocycles. The predicted molar refractivity (Wildman–Crippen MR) is 109 cm³/mol. The number of benzene rings is 1. The third-order valence-electron chi connectivity index (χ3n) is 4.43. The number of aryl methyl sites for hydroxylation is 1. The molecule has 134 valence electrons. The molecular formula is C19H20N4OS2. The minimum atomic E-state index is -0.229. The van der Waals surface area contributed by atoms with Crippen LogP contribution in [0.5, 0.6) is 0 Å². The molecular weight excluding hydrogens is 364 g/mol. The molecule has 0 spiro atoms. The van der Waals surface area contributed by atoms with Gasteiger partial charge in [-0.1, -0.05) is 30.3 Å². The second-order valence-electron chi connectivity index (χ2n) is 6.19. The van der Waals surface area contributed by atoms with E-state index in [1.54, 1.807) is 11.3 Å². The van der Waals surface area contributed by atoms with Crippen LogP contribution in [0.15, 0.2) is 35.7 Å². The van der Waals surface area contributed by atoms with Crippen LogP contribution in [0.2, 0.25) is 0 Å². The molecule has 5 nitrogen and oxygen atoms in total. The topological polar surface area (TPSA) is 58.1 Å². The van der Waals surface area contributed by atoms with Gasteiger partial charge in [0.15, 0.2) is 0 Å². The first-order valence-electron chi connectivity index (χ1n) is 8.63. The highest BCUT2D eigenvalue weighted by Crippen LogP contribution is 2.32. The Bertz CT molecular complexity index is 920. The second-order valence-corrected chi connectivity index (χ2v) is 8.50. The quantitative estimate of drug-likeness (QED) is 0.746. The highest BCUT2D eigenvalue weighted by molar-refractivity contribution is 7.99. The maximum atomic E-state index is 12.6. The van der Waals surface area contributed by atoms with Crippen molar-refractivity contribution in [3.05, 3.63) is 52.0 Å². The van der Waals surface area contributed by atoms with E-state index in [0.29, 0.717) is 6.54 Å². The fourth-order valence-electron chi connectivity index (χ4n) is 3.05. The minimum Gasteiger partial charge on any atom is -0.354 e. The first-order chi connectivity index (χ1) is 12.7. The molecule has 1 aliphatic heterocycles. The minimum absolute atomic E-state index is 0.229. The number of nitrogens with one attached hydrogen (secondary N) is 1. The molecule has 0 bridgehead atoms. The molecule has 0 atom stereocenters. The molecule has 1 N–H and O–H groups in total. The molecule has 7 heteroatoms. The van der Waals surface area contributed by atoms with Crippen molar-refractivity contribution in [3.8, 4) is 0 Å². The number of hydrogen-bond acceptors (Lipinski definition) is 6. The van der Waals surface area contributed by atoms with Crippen LogP contribution >= 0.6 is 23.1 Å². The van der Waals surface area contributed by atoms with E-state index in [1.165, 1.54) is 4.88 Å². The van der Waals surface area contributed by atoms with E-state index in [1.807, 2.05) is 47.5 Å². The molecule has 2 aromatic heterocycles. The van der Waals surface area contributed by atoms with Crippen molar-refractivity contribution in [2.45, 2.75) is 13.5 Å². The van der Waals surface area contributed by atoms with E-state index in [4.69, 9.17) is 0 Å². The lowest BCUT2D eigenvalue weighted by molar-refractivity contribution is 0.0941. The number of carbonyl (C=O) groups excluding carboxylic acids is 1. The van der Waals surface area contributed by atoms with Gasteiger partial charge in [-0.3, -0.25) is 4.79 Å². The van der Waals surface area contributed by atoms with E-state index in [-0.39, 0.29) is 11.7 Å². The van der Waals surface area contributed by atoms with Crippen molar-refractivity contribution in [3.63, 3.8) is 0 Å². The normalized spacial score (nSPS) is 14.6. The van der Waals surface area contributed by atoms with E-state index in [2.05, 4.69) is 27.1 Å². The summed E-state index contributed by atoms with van der Waals surface area (Å²) in [6.07, 6.45) is 0. The van der Waals surface area contributed by atoms with Gasteiger partial charge in [0, 0.05) is 41.4 Å². The van der Waals surface area contributed by atoms with Crippen LogP contribution in [0.3, 0.4) is 0 Å². The maximum Gasteiger partial charge on any atom is 0.289 e. The van der Waals surface area contributed by atoms with Gasteiger partial charge in [-0.05, 0) is 12.5 Å². The summed E-state index contributed by atoms with van der Waals surface area (Å²) in [4.78, 5) is 25.3. The standard InChI is InChI=1S/C19H20N4OS2/c1-13-16-15(12-26-13)21-17(22-18(16)23-7-9-25-10-8-23)19(24)20-11-14-5-3-2-4-6-14/h2-6,12H,7-11H2,1H3,(H,20,24). The van der Waals surface area contributed by atoms with Crippen molar-refractivity contribution >= 4 is 45.7 Å². The van der Waals surface area contributed by atoms with Gasteiger partial charge in [-0.25, -0.2) is 9.97 Å². The zero-order valence-electron chi connectivity index (χ0n) is 14.6. The molecule has 3 heterocycles. The second kappa shape index (κ2) is 7.63. The monoisotopic (exact) mass is 384 g/mol. The van der Waals surface area contributed by atoms with Gasteiger partial charge in [0.25, 0.3) is 5.91 Å². The van der Waals surface area contributed by atoms with E-state index in [9.17, 15) is 4.79 Å². The Balaban J connectivity index is 1.63. The first-order valence-corrected chi connectivity index (χ1v) is 10.7. The molecule has 3 aromatic rings. The highest BCUT2D eigenvalue weighted by Gasteiger charge is 2.21. The molecule has 1 fully saturated rings. The number of thiophene rings is 1. The van der Waals surface area contributed by atoms with Crippen LogP contribution in [0, 0.1) is 6.92 Å². The van der Waals surface area contributed by atoms with Crippen molar-refractivity contribution in [1.29, 1.82) is 0 Å². The summed E-state index contributed by atoms with van der Waals surface area (Å²) >= 11 is 3.62. The van der Waals surface area contributed by atoms with Gasteiger partial charge in [0.2, 0.25) is 5.82 Å². The Morgan fingerprint density at radius 2 is 1.96 bits per heavy atom. The maximum absolute atomic E-state index is 12.6. The van der Waals surface area contributed by atoms with Crippen molar-refractivity contribution in [2.75, 3.05) is 29.5 Å². The van der Waals surface area contributed by atoms with Crippen LogP contribution < -0.4 is 10.2 Å². The Morgan fingerprint density at radius 3 is 2.73 bits per heavy atom. The van der Waals surface area contributed by atoms with E-state index >= 15 is 0 Å². The molecule has 1 aliphatic rings. The fraction of sp³-hybridized carbons (Fsp3) is 0.316. The molecule has 1 aromatic carbocycles. The Kier molecular flexibility index (Phi) is 5.08. The number of rotatable bonds is 4. The van der Waals surface area contributed by atoms with Gasteiger partial charge >= 0.3 is 0 Å². The number of carbonyl (C=O) groups is 1. The zero-order chi connectivity index (χ0) is 17.9. The van der Waals surface area contributed by atoms with Gasteiger partial charge in [-0.2, -0.15) is 11.8 Å². The number of thioether (sulfide) groups is 1. The molecule has 0 aliphatic carbocycles. The lowest BCUT2D eigenvalue weighted by Crippen LogP contribution is -2.34. The van der Waals surface area contributed by atoms with Crippen LogP contribution in [0.25, 0.3) is 10.9 Å². The SMILES string of the molecule is Cc1scc2nc(C(=O)NCc3ccccc3)nc(N3CCSCC3)c12. The fourth-order valence-corrected chi connectivity index (χ4v) is 4.73. The smallest absolute Gasteiger partial charge is 0.289 e. The Labute approximate surface area is 160 Å². The molecule has 4 rings (SSSR count). The lowest BCUT2D eigenvalue weighted by Gasteiger charge is -2.28. The Morgan fingerprint density at radius 1 is 1.19 bits per heavy atom. The highest BCUT2D eigenvalue weighted by atomic mass is 32.2. The summed E-state index contributed by atoms with van der Waals surface area (Å²) in [6, 6.07) is 9.87. The summed E-state index contributed by atoms with van der Waals surface area (Å²) in [5, 5.41) is 6.03. The summed E-state index contributed by atoms with van der Waals surface area (Å²) in [5.41, 5.74) is 1.92. The molecule has 0 unspecified atom stereocenters. The average Bonchev–Trinajstić information content (AvgIpc) is 3.08. The van der Waals surface area contributed by atoms with Crippen LogP contribution in [0.4, 0.5) is 5.82 Å². The number of hydrogen-bond donors (Lipinski definition) is 1. The van der Waals surface area contributed by atoms with Gasteiger partial charge in [0.1, 0.15) is 5.82 Å². The molecule has 1 amide bonds. The average molecular weight is 385 g/mol. The van der Waals surface area contributed by atoms with Crippen LogP contribution in [-0.4, -0.2) is 40.5 Å². The third kappa shape index (κ3) is 3.54. The van der Waals surface area contributed by atoms with Gasteiger partial charge < -0.3 is 10.2 Å². The van der Waals surface area contributed by atoms with Crippen molar-refractivity contribution in [2.24, 2.45) is 0 Å². The van der Waals surface area contributed by atoms with Crippen molar-refractivity contribution in [1.82, 2.24) is 15.3 Å². The number of fused-ring (bicyclic) bond motifs is 1. The number of amides is 1. The summed E-state index contributed by atoms with van der Waals surface area (Å²) in [5.74, 6) is 3.10. The first kappa shape index (κ1) is 17.3. The Hall–Kier alpha value is -2.12. The summed E-state index contributed by atoms with van der Waals surface area (Å²) < 4.78 is 0. The summed E-state index contributed by atoms with van der Waals surface area (Å²) in [6.45, 7) is 4.47.